The second-order valence-corrected chi connectivity index (χ2v) is 4.88. The zero-order chi connectivity index (χ0) is 14.5. The molecular weight excluding hydrogens is 280 g/mol. The van der Waals surface area contributed by atoms with E-state index in [1.807, 2.05) is 30.3 Å². The molecule has 2 aromatic rings. The summed E-state index contributed by atoms with van der Waals surface area (Å²) >= 11 is 0.867. The van der Waals surface area contributed by atoms with Crippen LogP contribution in [0.25, 0.3) is 0 Å². The van der Waals surface area contributed by atoms with Gasteiger partial charge in [-0.3, -0.25) is 10.1 Å². The van der Waals surface area contributed by atoms with Gasteiger partial charge < -0.3 is 9.88 Å². The molecule has 7 nitrogen and oxygen atoms in total. The second kappa shape index (κ2) is 6.11. The van der Waals surface area contributed by atoms with E-state index in [-0.39, 0.29) is 5.00 Å². The van der Waals surface area contributed by atoms with Gasteiger partial charge in [0.2, 0.25) is 4.80 Å². The molecule has 0 saturated heterocycles. The van der Waals surface area contributed by atoms with Crippen LogP contribution in [0.5, 0.6) is 0 Å². The number of amides is 2. The van der Waals surface area contributed by atoms with Crippen molar-refractivity contribution in [3.63, 3.8) is 0 Å². The molecule has 0 fully saturated rings. The van der Waals surface area contributed by atoms with Crippen molar-refractivity contribution in [3.8, 4) is 0 Å². The molecule has 0 bridgehead atoms. The lowest BCUT2D eigenvalue weighted by atomic mass is 10.2. The highest BCUT2D eigenvalue weighted by atomic mass is 32.1. The van der Waals surface area contributed by atoms with Crippen LogP contribution in [0.15, 0.2) is 41.5 Å². The molecule has 0 unspecified atom stereocenters. The fourth-order valence-electron chi connectivity index (χ4n) is 1.57. The standard InChI is InChI=1S/C12H12N4O3S/c1-13-11(17)14-12-15(8-10(20-12)16(18)19)7-9-5-3-2-4-6-9/h2-6,8H,7H2,1H3,(H,13,17)/b14-12-. The molecule has 104 valence electrons. The number of aromatic nitrogens is 1. The number of rotatable bonds is 3. The average Bonchev–Trinajstić information content (AvgIpc) is 2.83. The van der Waals surface area contributed by atoms with Gasteiger partial charge in [-0.05, 0) is 16.9 Å². The van der Waals surface area contributed by atoms with E-state index in [2.05, 4.69) is 10.3 Å². The van der Waals surface area contributed by atoms with E-state index >= 15 is 0 Å². The first-order valence-electron chi connectivity index (χ1n) is 5.75. The number of urea groups is 1. The van der Waals surface area contributed by atoms with Crippen LogP contribution in [0, 0.1) is 10.1 Å². The van der Waals surface area contributed by atoms with Crippen molar-refractivity contribution in [1.82, 2.24) is 9.88 Å². The molecule has 20 heavy (non-hydrogen) atoms. The lowest BCUT2D eigenvalue weighted by Gasteiger charge is -2.01. The van der Waals surface area contributed by atoms with Gasteiger partial charge in [0.15, 0.2) is 0 Å². The number of hydrogen-bond donors (Lipinski definition) is 1. The molecule has 1 aromatic heterocycles. The lowest BCUT2D eigenvalue weighted by molar-refractivity contribution is -0.380. The van der Waals surface area contributed by atoms with Crippen molar-refractivity contribution in [2.75, 3.05) is 7.05 Å². The van der Waals surface area contributed by atoms with Gasteiger partial charge in [-0.2, -0.15) is 4.99 Å². The molecule has 2 amide bonds. The van der Waals surface area contributed by atoms with Gasteiger partial charge >= 0.3 is 11.0 Å². The van der Waals surface area contributed by atoms with Crippen molar-refractivity contribution >= 4 is 22.4 Å². The molecule has 0 aliphatic rings. The number of nitrogens with one attached hydrogen (secondary N) is 1. The molecular formula is C12H12N4O3S. The lowest BCUT2D eigenvalue weighted by Crippen LogP contribution is -2.21. The summed E-state index contributed by atoms with van der Waals surface area (Å²) in [5.74, 6) is 0. The fourth-order valence-corrected chi connectivity index (χ4v) is 2.38. The van der Waals surface area contributed by atoms with Crippen LogP contribution in [0.3, 0.4) is 0 Å². The summed E-state index contributed by atoms with van der Waals surface area (Å²) in [5, 5.41) is 13.1. The van der Waals surface area contributed by atoms with Crippen molar-refractivity contribution in [1.29, 1.82) is 0 Å². The van der Waals surface area contributed by atoms with Gasteiger partial charge in [-0.15, -0.1) is 0 Å². The predicted octanol–water partition coefficient (Wildman–Crippen LogP) is 1.75. The van der Waals surface area contributed by atoms with Gasteiger partial charge in [-0.25, -0.2) is 4.79 Å². The summed E-state index contributed by atoms with van der Waals surface area (Å²) in [5.41, 5.74) is 0.971. The highest BCUT2D eigenvalue weighted by Crippen LogP contribution is 2.15. The Kier molecular flexibility index (Phi) is 4.26. The van der Waals surface area contributed by atoms with E-state index in [1.165, 1.54) is 13.2 Å². The van der Waals surface area contributed by atoms with E-state index in [0.717, 1.165) is 16.9 Å². The third-order valence-electron chi connectivity index (χ3n) is 2.49. The molecule has 0 radical (unpaired) electrons. The topological polar surface area (TPSA) is 89.5 Å². The van der Waals surface area contributed by atoms with E-state index in [9.17, 15) is 14.9 Å². The Morgan fingerprint density at radius 3 is 2.75 bits per heavy atom. The minimum Gasteiger partial charge on any atom is -0.339 e. The maximum atomic E-state index is 11.3. The maximum absolute atomic E-state index is 11.3. The van der Waals surface area contributed by atoms with Crippen LogP contribution in [-0.4, -0.2) is 22.6 Å². The van der Waals surface area contributed by atoms with E-state index in [4.69, 9.17) is 0 Å². The number of thiazole rings is 1. The molecule has 0 aliphatic heterocycles. The SMILES string of the molecule is CNC(=O)/N=c1\sc([N+](=O)[O-])cn1Cc1ccccc1. The molecule has 1 heterocycles. The summed E-state index contributed by atoms with van der Waals surface area (Å²) in [4.78, 5) is 25.7. The highest BCUT2D eigenvalue weighted by Gasteiger charge is 2.13. The third-order valence-corrected chi connectivity index (χ3v) is 3.47. The van der Waals surface area contributed by atoms with Crippen LogP contribution in [0.4, 0.5) is 9.80 Å². The van der Waals surface area contributed by atoms with E-state index in [1.54, 1.807) is 4.57 Å². The normalized spacial score (nSPS) is 11.3. The molecule has 1 aromatic carbocycles. The van der Waals surface area contributed by atoms with Crippen LogP contribution in [-0.2, 0) is 6.54 Å². The van der Waals surface area contributed by atoms with Crippen LogP contribution in [0.2, 0.25) is 0 Å². The molecule has 2 rings (SSSR count). The Labute approximate surface area is 118 Å². The van der Waals surface area contributed by atoms with E-state index in [0.29, 0.717) is 11.3 Å². The first-order chi connectivity index (χ1) is 9.60. The summed E-state index contributed by atoms with van der Waals surface area (Å²) in [6.07, 6.45) is 1.39. The Hall–Kier alpha value is -2.48. The largest absolute Gasteiger partial charge is 0.343 e. The van der Waals surface area contributed by atoms with Crippen molar-refractivity contribution < 1.29 is 9.72 Å². The second-order valence-electron chi connectivity index (χ2n) is 3.89. The van der Waals surface area contributed by atoms with Crippen molar-refractivity contribution in [2.24, 2.45) is 4.99 Å². The predicted molar refractivity (Wildman–Crippen MR) is 74.5 cm³/mol. The number of hydrogen-bond acceptors (Lipinski definition) is 4. The molecule has 0 saturated carbocycles. The molecule has 1 N–H and O–H groups in total. The Morgan fingerprint density at radius 1 is 1.45 bits per heavy atom. The summed E-state index contributed by atoms with van der Waals surface area (Å²) in [6, 6.07) is 8.92. The highest BCUT2D eigenvalue weighted by molar-refractivity contribution is 7.12. The van der Waals surface area contributed by atoms with E-state index < -0.39 is 11.0 Å². The van der Waals surface area contributed by atoms with Gasteiger partial charge in [-0.1, -0.05) is 30.3 Å². The monoisotopic (exact) mass is 292 g/mol. The summed E-state index contributed by atoms with van der Waals surface area (Å²) in [6.45, 7) is 0.418. The Balaban J connectivity index is 2.42. The number of benzene rings is 1. The zero-order valence-corrected chi connectivity index (χ0v) is 11.5. The zero-order valence-electron chi connectivity index (χ0n) is 10.6. The van der Waals surface area contributed by atoms with Crippen LogP contribution >= 0.6 is 11.3 Å². The summed E-state index contributed by atoms with van der Waals surface area (Å²) in [7, 11) is 1.45. The van der Waals surface area contributed by atoms with Gasteiger partial charge in [0.05, 0.1) is 17.7 Å². The number of carbonyl (C=O) groups is 1. The third kappa shape index (κ3) is 3.29. The first-order valence-corrected chi connectivity index (χ1v) is 6.57. The van der Waals surface area contributed by atoms with Crippen molar-refractivity contribution in [3.05, 3.63) is 57.0 Å². The van der Waals surface area contributed by atoms with Gasteiger partial charge in [0, 0.05) is 7.05 Å². The smallest absolute Gasteiger partial charge is 0.339 e. The van der Waals surface area contributed by atoms with Gasteiger partial charge in [0.25, 0.3) is 0 Å². The minimum atomic E-state index is -0.538. The minimum absolute atomic E-state index is 0.0522. The van der Waals surface area contributed by atoms with Crippen LogP contribution in [0.1, 0.15) is 5.56 Å². The van der Waals surface area contributed by atoms with Crippen molar-refractivity contribution in [2.45, 2.75) is 6.54 Å². The van der Waals surface area contributed by atoms with Crippen LogP contribution < -0.4 is 10.1 Å². The molecule has 8 heteroatoms. The molecule has 0 spiro atoms. The number of nitrogens with zero attached hydrogens (tertiary/aromatic N) is 3. The first kappa shape index (κ1) is 13.9. The molecule has 0 atom stereocenters. The quantitative estimate of drug-likeness (QED) is 0.690. The number of carbonyl (C=O) groups excluding carboxylic acids is 1. The Morgan fingerprint density at radius 2 is 2.15 bits per heavy atom. The average molecular weight is 292 g/mol. The van der Waals surface area contributed by atoms with Gasteiger partial charge in [0.1, 0.15) is 0 Å². The maximum Gasteiger partial charge on any atom is 0.343 e. The summed E-state index contributed by atoms with van der Waals surface area (Å²) < 4.78 is 1.59. The Bertz CT molecular complexity index is 690. The fraction of sp³-hybridized carbons (Fsp3) is 0.167. The number of nitro groups is 1. The molecule has 0 aliphatic carbocycles.